The maximum Gasteiger partial charge on any atom is 0.191 e. The lowest BCUT2D eigenvalue weighted by Gasteiger charge is -2.18. The molecule has 26 heavy (non-hydrogen) atoms. The van der Waals surface area contributed by atoms with Gasteiger partial charge in [0.25, 0.3) is 0 Å². The number of hydrogen-bond acceptors (Lipinski definition) is 4. The van der Waals surface area contributed by atoms with Gasteiger partial charge >= 0.3 is 0 Å². The van der Waals surface area contributed by atoms with Crippen molar-refractivity contribution >= 4 is 29.9 Å². The summed E-state index contributed by atoms with van der Waals surface area (Å²) in [4.78, 5) is 4.18. The molecule has 8 heteroatoms. The Morgan fingerprint density at radius 3 is 2.50 bits per heavy atom. The molecule has 0 aliphatic carbocycles. The van der Waals surface area contributed by atoms with E-state index in [4.69, 9.17) is 9.26 Å². The topological polar surface area (TPSA) is 71.7 Å². The molecular weight excluding hydrogens is 450 g/mol. The van der Waals surface area contributed by atoms with E-state index in [1.54, 1.807) is 26.3 Å². The molecule has 2 aromatic rings. The first kappa shape index (κ1) is 22.4. The minimum Gasteiger partial charge on any atom is -0.375 e. The Morgan fingerprint density at radius 2 is 1.96 bits per heavy atom. The van der Waals surface area contributed by atoms with Crippen molar-refractivity contribution in [2.45, 2.75) is 32.4 Å². The van der Waals surface area contributed by atoms with Gasteiger partial charge in [-0.3, -0.25) is 4.99 Å². The Hall–Kier alpha value is -1.68. The third-order valence-electron chi connectivity index (χ3n) is 3.80. The molecule has 0 saturated carbocycles. The van der Waals surface area contributed by atoms with Crippen LogP contribution >= 0.6 is 24.0 Å². The van der Waals surface area contributed by atoms with Gasteiger partial charge in [-0.05, 0) is 23.6 Å². The second-order valence-electron chi connectivity index (χ2n) is 5.96. The molecule has 1 heterocycles. The quantitative estimate of drug-likeness (QED) is 0.363. The van der Waals surface area contributed by atoms with Crippen LogP contribution in [0.4, 0.5) is 4.39 Å². The van der Waals surface area contributed by atoms with Gasteiger partial charge < -0.3 is 19.9 Å². The lowest BCUT2D eigenvalue weighted by molar-refractivity contribution is 0.106. The minimum absolute atomic E-state index is 0. The van der Waals surface area contributed by atoms with E-state index in [9.17, 15) is 4.39 Å². The molecule has 1 atom stereocenters. The summed E-state index contributed by atoms with van der Waals surface area (Å²) in [5, 5.41) is 10.4. The summed E-state index contributed by atoms with van der Waals surface area (Å²) in [6, 6.07) is 8.20. The molecule has 1 aromatic heterocycles. The van der Waals surface area contributed by atoms with E-state index < -0.39 is 0 Å². The number of aromatic nitrogens is 1. The molecule has 0 bridgehead atoms. The molecule has 144 valence electrons. The normalized spacial score (nSPS) is 12.6. The van der Waals surface area contributed by atoms with E-state index in [2.05, 4.69) is 34.6 Å². The van der Waals surface area contributed by atoms with E-state index in [1.165, 1.54) is 12.1 Å². The summed E-state index contributed by atoms with van der Waals surface area (Å²) in [6.07, 6.45) is -0.211. The molecule has 0 aliphatic rings. The number of nitrogens with one attached hydrogen (secondary N) is 2. The van der Waals surface area contributed by atoms with Crippen LogP contribution in [0.25, 0.3) is 0 Å². The molecule has 0 radical (unpaired) electrons. The number of halogens is 2. The molecule has 0 amide bonds. The summed E-state index contributed by atoms with van der Waals surface area (Å²) < 4.78 is 23.8. The predicted molar refractivity (Wildman–Crippen MR) is 110 cm³/mol. The van der Waals surface area contributed by atoms with E-state index in [0.29, 0.717) is 25.0 Å². The molecule has 1 unspecified atom stereocenters. The highest BCUT2D eigenvalue weighted by Gasteiger charge is 2.12. The van der Waals surface area contributed by atoms with Crippen LogP contribution in [0.15, 0.2) is 39.8 Å². The summed E-state index contributed by atoms with van der Waals surface area (Å²) in [5.41, 5.74) is 1.82. The Kier molecular flexibility index (Phi) is 9.57. The standard InChI is InChI=1S/C18H25FN4O2.HI/c1-12(2)16-9-15(25-23-16)10-21-18(20-3)22-11-17(24-4)13-5-7-14(19)8-6-13;/h5-9,12,17H,10-11H2,1-4H3,(H2,20,21,22);1H. The minimum atomic E-state index is -0.267. The van der Waals surface area contributed by atoms with Crippen LogP contribution in [0.5, 0.6) is 0 Å². The number of rotatable bonds is 7. The monoisotopic (exact) mass is 476 g/mol. The second-order valence-corrected chi connectivity index (χ2v) is 5.96. The maximum absolute atomic E-state index is 13.0. The van der Waals surface area contributed by atoms with Crippen molar-refractivity contribution in [3.8, 4) is 0 Å². The lowest BCUT2D eigenvalue weighted by atomic mass is 10.1. The molecular formula is C18H26FIN4O2. The lowest BCUT2D eigenvalue weighted by Crippen LogP contribution is -2.39. The Labute approximate surface area is 170 Å². The van der Waals surface area contributed by atoms with E-state index in [1.807, 2.05) is 6.07 Å². The average molecular weight is 476 g/mol. The Bertz CT molecular complexity index is 689. The summed E-state index contributed by atoms with van der Waals surface area (Å²) in [5.74, 6) is 1.42. The second kappa shape index (κ2) is 11.1. The van der Waals surface area contributed by atoms with E-state index in [0.717, 1.165) is 17.0 Å². The van der Waals surface area contributed by atoms with Crippen LogP contribution in [0, 0.1) is 5.82 Å². The number of ether oxygens (including phenoxy) is 1. The fourth-order valence-corrected chi connectivity index (χ4v) is 2.28. The fraction of sp³-hybridized carbons (Fsp3) is 0.444. The number of guanidine groups is 1. The molecule has 0 fully saturated rings. The predicted octanol–water partition coefficient (Wildman–Crippen LogP) is 3.61. The zero-order chi connectivity index (χ0) is 18.2. The van der Waals surface area contributed by atoms with E-state index >= 15 is 0 Å². The van der Waals surface area contributed by atoms with Crippen molar-refractivity contribution in [2.24, 2.45) is 4.99 Å². The van der Waals surface area contributed by atoms with Crippen molar-refractivity contribution in [3.63, 3.8) is 0 Å². The van der Waals surface area contributed by atoms with Crippen LogP contribution in [0.1, 0.15) is 42.9 Å². The Balaban J connectivity index is 0.00000338. The van der Waals surface area contributed by atoms with Gasteiger partial charge in [-0.1, -0.05) is 31.1 Å². The zero-order valence-corrected chi connectivity index (χ0v) is 17.8. The summed E-state index contributed by atoms with van der Waals surface area (Å²) >= 11 is 0. The molecule has 0 aliphatic heterocycles. The molecule has 0 spiro atoms. The molecule has 2 N–H and O–H groups in total. The maximum atomic E-state index is 13.0. The van der Waals surface area contributed by atoms with Gasteiger partial charge in [0.05, 0.1) is 18.3 Å². The summed E-state index contributed by atoms with van der Waals surface area (Å²) in [6.45, 7) is 5.11. The third kappa shape index (κ3) is 6.56. The average Bonchev–Trinajstić information content (AvgIpc) is 3.08. The molecule has 6 nitrogen and oxygen atoms in total. The highest BCUT2D eigenvalue weighted by molar-refractivity contribution is 14.0. The van der Waals surface area contributed by atoms with Crippen LogP contribution in [-0.4, -0.2) is 31.8 Å². The van der Waals surface area contributed by atoms with Gasteiger partial charge in [-0.15, -0.1) is 24.0 Å². The zero-order valence-electron chi connectivity index (χ0n) is 15.5. The van der Waals surface area contributed by atoms with Gasteiger partial charge in [0.15, 0.2) is 11.7 Å². The number of benzene rings is 1. The van der Waals surface area contributed by atoms with Crippen LogP contribution < -0.4 is 10.6 Å². The van der Waals surface area contributed by atoms with E-state index in [-0.39, 0.29) is 35.9 Å². The smallest absolute Gasteiger partial charge is 0.191 e. The van der Waals surface area contributed by atoms with Gasteiger partial charge in [0, 0.05) is 26.8 Å². The van der Waals surface area contributed by atoms with Gasteiger partial charge in [0.2, 0.25) is 0 Å². The van der Waals surface area contributed by atoms with Crippen molar-refractivity contribution in [1.82, 2.24) is 15.8 Å². The summed E-state index contributed by atoms with van der Waals surface area (Å²) in [7, 11) is 3.31. The largest absolute Gasteiger partial charge is 0.375 e. The van der Waals surface area contributed by atoms with Gasteiger partial charge in [0.1, 0.15) is 5.82 Å². The van der Waals surface area contributed by atoms with Gasteiger partial charge in [-0.25, -0.2) is 4.39 Å². The number of hydrogen-bond donors (Lipinski definition) is 2. The van der Waals surface area contributed by atoms with Crippen LogP contribution in [-0.2, 0) is 11.3 Å². The van der Waals surface area contributed by atoms with Crippen LogP contribution in [0.2, 0.25) is 0 Å². The third-order valence-corrected chi connectivity index (χ3v) is 3.80. The van der Waals surface area contributed by atoms with Crippen molar-refractivity contribution in [1.29, 1.82) is 0 Å². The number of aliphatic imine (C=N–C) groups is 1. The number of nitrogens with zero attached hydrogens (tertiary/aromatic N) is 2. The Morgan fingerprint density at radius 1 is 1.27 bits per heavy atom. The first-order chi connectivity index (χ1) is 12.0. The van der Waals surface area contributed by atoms with Crippen molar-refractivity contribution < 1.29 is 13.7 Å². The van der Waals surface area contributed by atoms with Gasteiger partial charge in [-0.2, -0.15) is 0 Å². The highest BCUT2D eigenvalue weighted by Crippen LogP contribution is 2.16. The van der Waals surface area contributed by atoms with Crippen molar-refractivity contribution in [2.75, 3.05) is 20.7 Å². The first-order valence-electron chi connectivity index (χ1n) is 8.21. The molecule has 1 aromatic carbocycles. The van der Waals surface area contributed by atoms with Crippen molar-refractivity contribution in [3.05, 3.63) is 53.2 Å². The molecule has 2 rings (SSSR count). The highest BCUT2D eigenvalue weighted by atomic mass is 127. The van der Waals surface area contributed by atoms with Crippen LogP contribution in [0.3, 0.4) is 0 Å². The number of methoxy groups -OCH3 is 1. The first-order valence-corrected chi connectivity index (χ1v) is 8.21. The fourth-order valence-electron chi connectivity index (χ4n) is 2.28. The SMILES string of the molecule is CN=C(NCc1cc(C(C)C)no1)NCC(OC)c1ccc(F)cc1.I. The molecule has 0 saturated heterocycles.